The van der Waals surface area contributed by atoms with Crippen molar-refractivity contribution in [1.29, 1.82) is 0 Å². The normalized spacial score (nSPS) is 29.3. The molecule has 1 saturated carbocycles. The summed E-state index contributed by atoms with van der Waals surface area (Å²) >= 11 is 0. The number of rotatable bonds is 0. The first-order valence-electron chi connectivity index (χ1n) is 4.01. The predicted octanol–water partition coefficient (Wildman–Crippen LogP) is 1.16. The van der Waals surface area contributed by atoms with E-state index in [1.165, 1.54) is 19.3 Å². The Morgan fingerprint density at radius 3 is 2.60 bits per heavy atom. The number of hydrogen-bond donors (Lipinski definition) is 0. The van der Waals surface area contributed by atoms with Crippen LogP contribution in [0.25, 0.3) is 0 Å². The summed E-state index contributed by atoms with van der Waals surface area (Å²) in [4.78, 5) is 13.1. The van der Waals surface area contributed by atoms with E-state index in [2.05, 4.69) is 0 Å². The Balaban J connectivity index is 2.15. The van der Waals surface area contributed by atoms with Crippen molar-refractivity contribution >= 4 is 5.91 Å². The van der Waals surface area contributed by atoms with Gasteiger partial charge in [-0.1, -0.05) is 0 Å². The van der Waals surface area contributed by atoms with Crippen LogP contribution in [0, 0.1) is 0 Å². The second-order valence-electron chi connectivity index (χ2n) is 3.53. The number of piperidine rings is 1. The monoisotopic (exact) mass is 139 g/mol. The van der Waals surface area contributed by atoms with Gasteiger partial charge in [-0.2, -0.15) is 0 Å². The summed E-state index contributed by atoms with van der Waals surface area (Å²) in [5, 5.41) is 0. The summed E-state index contributed by atoms with van der Waals surface area (Å²) in [5.41, 5.74) is 0.343. The van der Waals surface area contributed by atoms with Crippen molar-refractivity contribution in [3.63, 3.8) is 0 Å². The van der Waals surface area contributed by atoms with Gasteiger partial charge in [0.2, 0.25) is 5.91 Å². The van der Waals surface area contributed by atoms with Gasteiger partial charge in [0.15, 0.2) is 0 Å². The lowest BCUT2D eigenvalue weighted by molar-refractivity contribution is -0.135. The third-order valence-electron chi connectivity index (χ3n) is 2.95. The number of hydrogen-bond acceptors (Lipinski definition) is 1. The van der Waals surface area contributed by atoms with Crippen LogP contribution in [0.4, 0.5) is 0 Å². The van der Waals surface area contributed by atoms with E-state index in [0.717, 1.165) is 12.8 Å². The molecule has 0 bridgehead atoms. The molecule has 0 unspecified atom stereocenters. The summed E-state index contributed by atoms with van der Waals surface area (Å²) in [6, 6.07) is 0. The van der Waals surface area contributed by atoms with Crippen LogP contribution in [-0.2, 0) is 4.79 Å². The first-order valence-corrected chi connectivity index (χ1v) is 4.01. The van der Waals surface area contributed by atoms with Gasteiger partial charge in [-0.05, 0) is 25.7 Å². The topological polar surface area (TPSA) is 20.3 Å². The molecule has 2 rings (SSSR count). The van der Waals surface area contributed by atoms with Gasteiger partial charge >= 0.3 is 0 Å². The molecule has 1 saturated heterocycles. The molecule has 56 valence electrons. The predicted molar refractivity (Wildman–Crippen MR) is 38.6 cm³/mol. The molecule has 2 nitrogen and oxygen atoms in total. The molecule has 10 heavy (non-hydrogen) atoms. The Bertz CT molecular complexity index is 172. The molecule has 1 heterocycles. The molecule has 0 radical (unpaired) electrons. The van der Waals surface area contributed by atoms with Crippen molar-refractivity contribution in [3.8, 4) is 0 Å². The lowest BCUT2D eigenvalue weighted by Gasteiger charge is -2.32. The zero-order valence-corrected chi connectivity index (χ0v) is 6.39. The molecule has 0 aromatic carbocycles. The van der Waals surface area contributed by atoms with Crippen LogP contribution in [0.15, 0.2) is 0 Å². The maximum atomic E-state index is 11.2. The highest BCUT2D eigenvalue weighted by atomic mass is 16.2. The van der Waals surface area contributed by atoms with E-state index < -0.39 is 0 Å². The van der Waals surface area contributed by atoms with E-state index in [-0.39, 0.29) is 0 Å². The highest BCUT2D eigenvalue weighted by Gasteiger charge is 2.49. The van der Waals surface area contributed by atoms with E-state index in [9.17, 15) is 4.79 Å². The van der Waals surface area contributed by atoms with Crippen LogP contribution in [0.3, 0.4) is 0 Å². The van der Waals surface area contributed by atoms with Gasteiger partial charge < -0.3 is 4.90 Å². The van der Waals surface area contributed by atoms with Crippen LogP contribution in [0.2, 0.25) is 0 Å². The third-order valence-corrected chi connectivity index (χ3v) is 2.95. The summed E-state index contributed by atoms with van der Waals surface area (Å²) in [5.74, 6) is 0.351. The van der Waals surface area contributed by atoms with Crippen molar-refractivity contribution in [2.75, 3.05) is 7.05 Å². The van der Waals surface area contributed by atoms with Crippen LogP contribution >= 0.6 is 0 Å². The number of carbonyl (C=O) groups excluding carboxylic acids is 1. The van der Waals surface area contributed by atoms with E-state index in [1.807, 2.05) is 11.9 Å². The van der Waals surface area contributed by atoms with Gasteiger partial charge in [0.25, 0.3) is 0 Å². The Morgan fingerprint density at radius 2 is 2.10 bits per heavy atom. The standard InChI is InChI=1S/C8H13NO/c1-9-7(10)3-2-4-8(9)5-6-8/h2-6H2,1H3. The SMILES string of the molecule is CN1C(=O)CCCC12CC2. The average molecular weight is 139 g/mol. The highest BCUT2D eigenvalue weighted by Crippen LogP contribution is 2.47. The smallest absolute Gasteiger partial charge is 0.222 e. The first-order chi connectivity index (χ1) is 4.75. The van der Waals surface area contributed by atoms with Gasteiger partial charge in [0.05, 0.1) is 0 Å². The third kappa shape index (κ3) is 0.678. The molecule has 2 aliphatic rings. The molecule has 1 amide bonds. The molecule has 0 aromatic rings. The van der Waals surface area contributed by atoms with Gasteiger partial charge in [-0.25, -0.2) is 0 Å². The Kier molecular flexibility index (Phi) is 1.08. The van der Waals surface area contributed by atoms with Crippen molar-refractivity contribution in [2.45, 2.75) is 37.6 Å². The molecule has 1 aliphatic carbocycles. The molecule has 2 heteroatoms. The summed E-state index contributed by atoms with van der Waals surface area (Å²) in [6.07, 6.45) is 5.63. The van der Waals surface area contributed by atoms with Crippen LogP contribution in [0.1, 0.15) is 32.1 Å². The highest BCUT2D eigenvalue weighted by molar-refractivity contribution is 5.78. The van der Waals surface area contributed by atoms with Crippen LogP contribution in [-0.4, -0.2) is 23.4 Å². The van der Waals surface area contributed by atoms with Crippen LogP contribution < -0.4 is 0 Å². The second kappa shape index (κ2) is 1.74. The number of amides is 1. The van der Waals surface area contributed by atoms with E-state index >= 15 is 0 Å². The summed E-state index contributed by atoms with van der Waals surface area (Å²) in [7, 11) is 1.95. The minimum Gasteiger partial charge on any atom is -0.340 e. The Morgan fingerprint density at radius 1 is 1.40 bits per heavy atom. The van der Waals surface area contributed by atoms with E-state index in [1.54, 1.807) is 0 Å². The fraction of sp³-hybridized carbons (Fsp3) is 0.875. The van der Waals surface area contributed by atoms with Gasteiger partial charge in [-0.3, -0.25) is 4.79 Å². The second-order valence-corrected chi connectivity index (χ2v) is 3.53. The van der Waals surface area contributed by atoms with Crippen LogP contribution in [0.5, 0.6) is 0 Å². The van der Waals surface area contributed by atoms with Crippen molar-refractivity contribution in [3.05, 3.63) is 0 Å². The lowest BCUT2D eigenvalue weighted by atomic mass is 10.0. The average Bonchev–Trinajstić information content (AvgIpc) is 2.65. The first kappa shape index (κ1) is 6.20. The minimum atomic E-state index is 0.343. The lowest BCUT2D eigenvalue weighted by Crippen LogP contribution is -2.42. The largest absolute Gasteiger partial charge is 0.340 e. The Labute approximate surface area is 61.2 Å². The maximum absolute atomic E-state index is 11.2. The number of likely N-dealkylation sites (tertiary alicyclic amines) is 1. The fourth-order valence-electron chi connectivity index (χ4n) is 1.90. The quantitative estimate of drug-likeness (QED) is 0.493. The molecular formula is C8H13NO. The summed E-state index contributed by atoms with van der Waals surface area (Å²) in [6.45, 7) is 0. The van der Waals surface area contributed by atoms with E-state index in [4.69, 9.17) is 0 Å². The Hall–Kier alpha value is -0.530. The molecule has 0 N–H and O–H groups in total. The zero-order valence-electron chi connectivity index (χ0n) is 6.39. The number of nitrogens with zero attached hydrogens (tertiary/aromatic N) is 1. The van der Waals surface area contributed by atoms with Crippen molar-refractivity contribution in [1.82, 2.24) is 4.90 Å². The maximum Gasteiger partial charge on any atom is 0.222 e. The van der Waals surface area contributed by atoms with Gasteiger partial charge in [0.1, 0.15) is 0 Å². The molecule has 0 aromatic heterocycles. The molecule has 2 fully saturated rings. The molecular weight excluding hydrogens is 126 g/mol. The molecule has 1 aliphatic heterocycles. The van der Waals surface area contributed by atoms with Gasteiger partial charge in [0, 0.05) is 19.0 Å². The van der Waals surface area contributed by atoms with Crippen molar-refractivity contribution in [2.24, 2.45) is 0 Å². The fourth-order valence-corrected chi connectivity index (χ4v) is 1.90. The summed E-state index contributed by atoms with van der Waals surface area (Å²) < 4.78 is 0. The minimum absolute atomic E-state index is 0.343. The zero-order chi connectivity index (χ0) is 7.19. The molecule has 0 atom stereocenters. The van der Waals surface area contributed by atoms with Gasteiger partial charge in [-0.15, -0.1) is 0 Å². The van der Waals surface area contributed by atoms with Crippen molar-refractivity contribution < 1.29 is 4.79 Å². The van der Waals surface area contributed by atoms with E-state index in [0.29, 0.717) is 11.4 Å². The molecule has 1 spiro atoms. The number of carbonyl (C=O) groups is 1.